The number of hydrogen-bond acceptors (Lipinski definition) is 4. The van der Waals surface area contributed by atoms with E-state index in [2.05, 4.69) is 34.7 Å². The van der Waals surface area contributed by atoms with Crippen LogP contribution in [0.4, 0.5) is 0 Å². The molecule has 1 aromatic rings. The van der Waals surface area contributed by atoms with E-state index in [0.29, 0.717) is 12.5 Å². The van der Waals surface area contributed by atoms with E-state index in [1.54, 1.807) is 6.20 Å². The highest BCUT2D eigenvalue weighted by Crippen LogP contribution is 1.97. The minimum absolute atomic E-state index is 0.0274. The summed E-state index contributed by atoms with van der Waals surface area (Å²) >= 11 is 0. The molecule has 18 heavy (non-hydrogen) atoms. The average Bonchev–Trinajstić information content (AvgIpc) is 2.36. The van der Waals surface area contributed by atoms with Gasteiger partial charge in [-0.25, -0.2) is 0 Å². The van der Waals surface area contributed by atoms with Crippen LogP contribution in [0.3, 0.4) is 0 Å². The van der Waals surface area contributed by atoms with Crippen molar-refractivity contribution in [3.8, 4) is 0 Å². The summed E-state index contributed by atoms with van der Waals surface area (Å²) < 4.78 is 0. The number of nitrogens with one attached hydrogen (secondary N) is 2. The van der Waals surface area contributed by atoms with E-state index in [0.717, 1.165) is 18.7 Å². The predicted molar refractivity (Wildman–Crippen MR) is 70.8 cm³/mol. The van der Waals surface area contributed by atoms with Crippen molar-refractivity contribution in [1.82, 2.24) is 20.8 Å². The second kappa shape index (κ2) is 7.76. The summed E-state index contributed by atoms with van der Waals surface area (Å²) in [6.07, 6.45) is 2.63. The van der Waals surface area contributed by atoms with Crippen LogP contribution in [0.1, 0.15) is 32.9 Å². The van der Waals surface area contributed by atoms with Crippen molar-refractivity contribution in [2.45, 2.75) is 39.8 Å². The Morgan fingerprint density at radius 3 is 2.78 bits per heavy atom. The molecular weight excluding hydrogens is 228 g/mol. The maximum Gasteiger partial charge on any atom is 0.236 e. The van der Waals surface area contributed by atoms with Gasteiger partial charge in [-0.3, -0.25) is 4.79 Å². The molecule has 1 aromatic heterocycles. The Morgan fingerprint density at radius 2 is 2.17 bits per heavy atom. The molecule has 0 spiro atoms. The quantitative estimate of drug-likeness (QED) is 0.761. The van der Waals surface area contributed by atoms with E-state index in [4.69, 9.17) is 0 Å². The third-order valence-corrected chi connectivity index (χ3v) is 2.63. The molecule has 0 saturated carbocycles. The van der Waals surface area contributed by atoms with Gasteiger partial charge < -0.3 is 10.6 Å². The number of aromatic nitrogens is 2. The molecular formula is C13H22N4O. The number of carbonyl (C=O) groups excluding carboxylic acids is 1. The summed E-state index contributed by atoms with van der Waals surface area (Å²) in [5.41, 5.74) is 0.833. The van der Waals surface area contributed by atoms with Gasteiger partial charge in [-0.1, -0.05) is 13.8 Å². The standard InChI is InChI=1S/C13H22N4O/c1-10(2)6-8-14-13(18)11(3)15-9-12-5-4-7-16-17-12/h4-5,7,10-11,15H,6,8-9H2,1-3H3,(H,14,18). The van der Waals surface area contributed by atoms with Gasteiger partial charge in [0.05, 0.1) is 11.7 Å². The first-order chi connectivity index (χ1) is 8.59. The molecule has 5 heteroatoms. The summed E-state index contributed by atoms with van der Waals surface area (Å²) in [4.78, 5) is 11.7. The fourth-order valence-electron chi connectivity index (χ4n) is 1.42. The van der Waals surface area contributed by atoms with E-state index in [-0.39, 0.29) is 11.9 Å². The molecule has 1 atom stereocenters. The Hall–Kier alpha value is -1.49. The second-order valence-electron chi connectivity index (χ2n) is 4.79. The summed E-state index contributed by atoms with van der Waals surface area (Å²) in [6.45, 7) is 7.41. The lowest BCUT2D eigenvalue weighted by atomic mass is 10.1. The lowest BCUT2D eigenvalue weighted by molar-refractivity contribution is -0.122. The Balaban J connectivity index is 2.23. The number of carbonyl (C=O) groups is 1. The fourth-order valence-corrected chi connectivity index (χ4v) is 1.42. The molecule has 2 N–H and O–H groups in total. The van der Waals surface area contributed by atoms with E-state index in [1.165, 1.54) is 0 Å². The van der Waals surface area contributed by atoms with Crippen molar-refractivity contribution in [2.75, 3.05) is 6.54 Å². The molecule has 100 valence electrons. The third kappa shape index (κ3) is 5.72. The largest absolute Gasteiger partial charge is 0.355 e. The SMILES string of the molecule is CC(C)CCNC(=O)C(C)NCc1cccnn1. The van der Waals surface area contributed by atoms with Crippen molar-refractivity contribution >= 4 is 5.91 Å². The zero-order valence-electron chi connectivity index (χ0n) is 11.3. The first-order valence-electron chi connectivity index (χ1n) is 6.37. The van der Waals surface area contributed by atoms with Gasteiger partial charge in [-0.2, -0.15) is 10.2 Å². The van der Waals surface area contributed by atoms with Gasteiger partial charge in [0.1, 0.15) is 0 Å². The van der Waals surface area contributed by atoms with Crippen molar-refractivity contribution in [1.29, 1.82) is 0 Å². The molecule has 0 bridgehead atoms. The molecule has 0 aliphatic carbocycles. The zero-order valence-corrected chi connectivity index (χ0v) is 11.3. The minimum atomic E-state index is -0.223. The van der Waals surface area contributed by atoms with Crippen molar-refractivity contribution in [2.24, 2.45) is 5.92 Å². The van der Waals surface area contributed by atoms with Crippen molar-refractivity contribution in [3.63, 3.8) is 0 Å². The summed E-state index contributed by atoms with van der Waals surface area (Å²) in [5.74, 6) is 0.632. The maximum atomic E-state index is 11.7. The highest BCUT2D eigenvalue weighted by molar-refractivity contribution is 5.81. The topological polar surface area (TPSA) is 66.9 Å². The monoisotopic (exact) mass is 250 g/mol. The average molecular weight is 250 g/mol. The Labute approximate surface area is 108 Å². The molecule has 0 aliphatic rings. The normalized spacial score (nSPS) is 12.4. The van der Waals surface area contributed by atoms with Gasteiger partial charge in [0.25, 0.3) is 0 Å². The fraction of sp³-hybridized carbons (Fsp3) is 0.615. The van der Waals surface area contributed by atoms with Gasteiger partial charge >= 0.3 is 0 Å². The van der Waals surface area contributed by atoms with Crippen LogP contribution in [0.15, 0.2) is 18.3 Å². The predicted octanol–water partition coefficient (Wildman–Crippen LogP) is 1.12. The van der Waals surface area contributed by atoms with Gasteiger partial charge in [0, 0.05) is 19.3 Å². The van der Waals surface area contributed by atoms with E-state index in [1.807, 2.05) is 19.1 Å². The highest BCUT2D eigenvalue weighted by atomic mass is 16.2. The van der Waals surface area contributed by atoms with Crippen LogP contribution >= 0.6 is 0 Å². The number of amides is 1. The lowest BCUT2D eigenvalue weighted by Crippen LogP contribution is -2.42. The number of rotatable bonds is 7. The van der Waals surface area contributed by atoms with Crippen LogP contribution in [0.2, 0.25) is 0 Å². The molecule has 1 amide bonds. The first-order valence-corrected chi connectivity index (χ1v) is 6.37. The van der Waals surface area contributed by atoms with Crippen molar-refractivity contribution < 1.29 is 4.79 Å². The van der Waals surface area contributed by atoms with E-state index in [9.17, 15) is 4.79 Å². The van der Waals surface area contributed by atoms with Crippen LogP contribution in [-0.4, -0.2) is 28.7 Å². The molecule has 1 heterocycles. The molecule has 1 rings (SSSR count). The summed E-state index contributed by atoms with van der Waals surface area (Å²) in [7, 11) is 0. The van der Waals surface area contributed by atoms with Gasteiger partial charge in [0.2, 0.25) is 5.91 Å². The highest BCUT2D eigenvalue weighted by Gasteiger charge is 2.11. The first kappa shape index (κ1) is 14.6. The van der Waals surface area contributed by atoms with Crippen LogP contribution < -0.4 is 10.6 Å². The van der Waals surface area contributed by atoms with Gasteiger partial charge in [0.15, 0.2) is 0 Å². The minimum Gasteiger partial charge on any atom is -0.355 e. The molecule has 0 aromatic carbocycles. The van der Waals surface area contributed by atoms with Crippen LogP contribution in [0.5, 0.6) is 0 Å². The van der Waals surface area contributed by atoms with Crippen molar-refractivity contribution in [3.05, 3.63) is 24.0 Å². The smallest absolute Gasteiger partial charge is 0.236 e. The van der Waals surface area contributed by atoms with E-state index >= 15 is 0 Å². The molecule has 0 saturated heterocycles. The third-order valence-electron chi connectivity index (χ3n) is 2.63. The van der Waals surface area contributed by atoms with Gasteiger partial charge in [-0.15, -0.1) is 0 Å². The molecule has 0 radical (unpaired) electrons. The Bertz CT molecular complexity index is 353. The molecule has 0 aliphatic heterocycles. The van der Waals surface area contributed by atoms with Crippen LogP contribution in [0.25, 0.3) is 0 Å². The molecule has 0 fully saturated rings. The zero-order chi connectivity index (χ0) is 13.4. The summed E-state index contributed by atoms with van der Waals surface area (Å²) in [6, 6.07) is 3.49. The van der Waals surface area contributed by atoms with E-state index < -0.39 is 0 Å². The Morgan fingerprint density at radius 1 is 1.39 bits per heavy atom. The van der Waals surface area contributed by atoms with Crippen LogP contribution in [0, 0.1) is 5.92 Å². The summed E-state index contributed by atoms with van der Waals surface area (Å²) in [5, 5.41) is 13.8. The number of hydrogen-bond donors (Lipinski definition) is 2. The van der Waals surface area contributed by atoms with Gasteiger partial charge in [-0.05, 0) is 31.4 Å². The number of nitrogens with zero attached hydrogens (tertiary/aromatic N) is 2. The lowest BCUT2D eigenvalue weighted by Gasteiger charge is -2.14. The van der Waals surface area contributed by atoms with Crippen LogP contribution in [-0.2, 0) is 11.3 Å². The molecule has 1 unspecified atom stereocenters. The second-order valence-corrected chi connectivity index (χ2v) is 4.79. The maximum absolute atomic E-state index is 11.7. The molecule has 5 nitrogen and oxygen atoms in total. The Kier molecular flexibility index (Phi) is 6.28.